The van der Waals surface area contributed by atoms with Crippen LogP contribution in [0.1, 0.15) is 51.6 Å². The summed E-state index contributed by atoms with van der Waals surface area (Å²) in [5.41, 5.74) is 1.14. The molecule has 1 atom stereocenters. The second-order valence-corrected chi connectivity index (χ2v) is 4.95. The summed E-state index contributed by atoms with van der Waals surface area (Å²) in [7, 11) is 0. The second-order valence-electron chi connectivity index (χ2n) is 4.52. The first-order valence-corrected chi connectivity index (χ1v) is 7.22. The van der Waals surface area contributed by atoms with Gasteiger partial charge in [-0.2, -0.15) is 0 Å². The van der Waals surface area contributed by atoms with Crippen LogP contribution in [0.3, 0.4) is 0 Å². The molecule has 0 bridgehead atoms. The minimum Gasteiger partial charge on any atom is -0.493 e. The monoisotopic (exact) mass is 269 g/mol. The molecule has 0 aliphatic carbocycles. The van der Waals surface area contributed by atoms with Crippen LogP contribution >= 0.6 is 11.6 Å². The summed E-state index contributed by atoms with van der Waals surface area (Å²) in [5.74, 6) is 0.948. The third kappa shape index (κ3) is 4.87. The summed E-state index contributed by atoms with van der Waals surface area (Å²) in [6.07, 6.45) is 3.53. The number of rotatable bonds is 8. The zero-order valence-electron chi connectivity index (χ0n) is 11.6. The topological polar surface area (TPSA) is 21.3 Å². The first kappa shape index (κ1) is 15.3. The van der Waals surface area contributed by atoms with Gasteiger partial charge in [-0.1, -0.05) is 38.3 Å². The molecule has 0 fully saturated rings. The smallest absolute Gasteiger partial charge is 0.124 e. The molecule has 0 aromatic heterocycles. The zero-order valence-corrected chi connectivity index (χ0v) is 12.4. The summed E-state index contributed by atoms with van der Waals surface area (Å²) in [6, 6.07) is 6.11. The Kier molecular flexibility index (Phi) is 7.14. The highest BCUT2D eigenvalue weighted by Gasteiger charge is 2.11. The van der Waals surface area contributed by atoms with Gasteiger partial charge >= 0.3 is 0 Å². The van der Waals surface area contributed by atoms with Crippen LogP contribution in [-0.2, 0) is 0 Å². The van der Waals surface area contributed by atoms with Gasteiger partial charge < -0.3 is 10.1 Å². The van der Waals surface area contributed by atoms with Crippen LogP contribution in [0.25, 0.3) is 0 Å². The highest BCUT2D eigenvalue weighted by atomic mass is 35.5. The highest BCUT2D eigenvalue weighted by molar-refractivity contribution is 6.30. The summed E-state index contributed by atoms with van der Waals surface area (Å²) in [5, 5.41) is 4.15. The van der Waals surface area contributed by atoms with Crippen molar-refractivity contribution in [1.82, 2.24) is 5.32 Å². The molecule has 1 aromatic rings. The molecular formula is C15H24ClNO. The maximum absolute atomic E-state index is 6.06. The first-order valence-electron chi connectivity index (χ1n) is 6.84. The van der Waals surface area contributed by atoms with Crippen molar-refractivity contribution in [1.29, 1.82) is 0 Å². The quantitative estimate of drug-likeness (QED) is 0.698. The molecule has 2 nitrogen and oxygen atoms in total. The van der Waals surface area contributed by atoms with E-state index >= 15 is 0 Å². The maximum atomic E-state index is 6.06. The molecule has 1 rings (SSSR count). The van der Waals surface area contributed by atoms with Crippen LogP contribution in [0.5, 0.6) is 5.75 Å². The molecule has 0 heterocycles. The van der Waals surface area contributed by atoms with Gasteiger partial charge in [0.05, 0.1) is 6.61 Å². The summed E-state index contributed by atoms with van der Waals surface area (Å²) in [4.78, 5) is 0. The van der Waals surface area contributed by atoms with Crippen molar-refractivity contribution in [2.45, 2.75) is 46.1 Å². The van der Waals surface area contributed by atoms with E-state index < -0.39 is 0 Å². The van der Waals surface area contributed by atoms with Gasteiger partial charge in [0.25, 0.3) is 0 Å². The van der Waals surface area contributed by atoms with Crippen LogP contribution in [0, 0.1) is 0 Å². The number of hydrogen-bond donors (Lipinski definition) is 1. The van der Waals surface area contributed by atoms with Crippen molar-refractivity contribution in [3.8, 4) is 5.75 Å². The van der Waals surface area contributed by atoms with Crippen molar-refractivity contribution < 1.29 is 4.74 Å². The molecular weight excluding hydrogens is 246 g/mol. The second kappa shape index (κ2) is 8.39. The maximum Gasteiger partial charge on any atom is 0.124 e. The molecule has 0 saturated carbocycles. The summed E-state index contributed by atoms with van der Waals surface area (Å²) in [6.45, 7) is 8.14. The third-order valence-electron chi connectivity index (χ3n) is 2.95. The largest absolute Gasteiger partial charge is 0.493 e. The lowest BCUT2D eigenvalue weighted by Crippen LogP contribution is -2.18. The average Bonchev–Trinajstić information content (AvgIpc) is 2.36. The van der Waals surface area contributed by atoms with E-state index in [1.54, 1.807) is 0 Å². The lowest BCUT2D eigenvalue weighted by Gasteiger charge is -2.18. The van der Waals surface area contributed by atoms with E-state index in [9.17, 15) is 0 Å². The number of hydrogen-bond acceptors (Lipinski definition) is 2. The number of unbranched alkanes of at least 4 members (excludes halogenated alkanes) is 2. The molecule has 1 unspecified atom stereocenters. The van der Waals surface area contributed by atoms with Crippen LogP contribution in [0.2, 0.25) is 5.02 Å². The summed E-state index contributed by atoms with van der Waals surface area (Å²) < 4.78 is 5.86. The van der Waals surface area contributed by atoms with E-state index in [0.717, 1.165) is 35.9 Å². The standard InChI is InChI=1S/C15H24ClNO/c1-4-6-7-10-18-15-9-8-13(16)11-14(15)12(3)17-5-2/h8-9,11-12,17H,4-7,10H2,1-3H3. The third-order valence-corrected chi connectivity index (χ3v) is 3.19. The zero-order chi connectivity index (χ0) is 13.4. The minimum atomic E-state index is 0.259. The molecule has 0 amide bonds. The van der Waals surface area contributed by atoms with Crippen molar-refractivity contribution in [3.05, 3.63) is 28.8 Å². The Morgan fingerprint density at radius 2 is 2.06 bits per heavy atom. The van der Waals surface area contributed by atoms with Gasteiger partial charge in [-0.15, -0.1) is 0 Å². The minimum absolute atomic E-state index is 0.259. The molecule has 0 radical (unpaired) electrons. The van der Waals surface area contributed by atoms with Crippen LogP contribution < -0.4 is 10.1 Å². The van der Waals surface area contributed by atoms with Gasteiger partial charge in [0, 0.05) is 16.6 Å². The van der Waals surface area contributed by atoms with E-state index in [1.165, 1.54) is 12.8 Å². The molecule has 0 spiro atoms. The van der Waals surface area contributed by atoms with Gasteiger partial charge in [0.2, 0.25) is 0 Å². The molecule has 0 saturated heterocycles. The highest BCUT2D eigenvalue weighted by Crippen LogP contribution is 2.28. The van der Waals surface area contributed by atoms with Crippen molar-refractivity contribution in [2.24, 2.45) is 0 Å². The lowest BCUT2D eigenvalue weighted by molar-refractivity contribution is 0.300. The first-order chi connectivity index (χ1) is 8.69. The van der Waals surface area contributed by atoms with Gasteiger partial charge in [-0.3, -0.25) is 0 Å². The van der Waals surface area contributed by atoms with Crippen molar-refractivity contribution in [2.75, 3.05) is 13.2 Å². The fourth-order valence-corrected chi connectivity index (χ4v) is 2.12. The van der Waals surface area contributed by atoms with Gasteiger partial charge in [-0.25, -0.2) is 0 Å². The SMILES string of the molecule is CCCCCOc1ccc(Cl)cc1C(C)NCC. The Labute approximate surface area is 116 Å². The van der Waals surface area contributed by atoms with Crippen molar-refractivity contribution in [3.63, 3.8) is 0 Å². The number of benzene rings is 1. The average molecular weight is 270 g/mol. The van der Waals surface area contributed by atoms with E-state index in [2.05, 4.69) is 26.1 Å². The summed E-state index contributed by atoms with van der Waals surface area (Å²) >= 11 is 6.06. The van der Waals surface area contributed by atoms with Crippen LogP contribution in [0.15, 0.2) is 18.2 Å². The Morgan fingerprint density at radius 1 is 1.28 bits per heavy atom. The predicted molar refractivity (Wildman–Crippen MR) is 78.6 cm³/mol. The van der Waals surface area contributed by atoms with E-state index in [0.29, 0.717) is 0 Å². The molecule has 18 heavy (non-hydrogen) atoms. The van der Waals surface area contributed by atoms with Gasteiger partial charge in [0.15, 0.2) is 0 Å². The molecule has 0 aliphatic heterocycles. The number of ether oxygens (including phenoxy) is 1. The lowest BCUT2D eigenvalue weighted by atomic mass is 10.1. The van der Waals surface area contributed by atoms with E-state index in [1.807, 2.05) is 18.2 Å². The fourth-order valence-electron chi connectivity index (χ4n) is 1.94. The molecule has 1 N–H and O–H groups in total. The van der Waals surface area contributed by atoms with Crippen LogP contribution in [0.4, 0.5) is 0 Å². The van der Waals surface area contributed by atoms with Crippen molar-refractivity contribution >= 4 is 11.6 Å². The van der Waals surface area contributed by atoms with Crippen LogP contribution in [-0.4, -0.2) is 13.2 Å². The Morgan fingerprint density at radius 3 is 2.72 bits per heavy atom. The Hall–Kier alpha value is -0.730. The van der Waals surface area contributed by atoms with Gasteiger partial charge in [0.1, 0.15) is 5.75 Å². The number of nitrogens with one attached hydrogen (secondary N) is 1. The Bertz CT molecular complexity index is 354. The van der Waals surface area contributed by atoms with Gasteiger partial charge in [-0.05, 0) is 38.1 Å². The predicted octanol–water partition coefficient (Wildman–Crippen LogP) is 4.58. The molecule has 0 aliphatic rings. The van der Waals surface area contributed by atoms with E-state index in [-0.39, 0.29) is 6.04 Å². The normalized spacial score (nSPS) is 12.4. The Balaban J connectivity index is 2.70. The molecule has 3 heteroatoms. The molecule has 102 valence electrons. The number of halogens is 1. The molecule has 1 aromatic carbocycles. The fraction of sp³-hybridized carbons (Fsp3) is 0.600. The van der Waals surface area contributed by atoms with E-state index in [4.69, 9.17) is 16.3 Å².